The van der Waals surface area contributed by atoms with E-state index in [2.05, 4.69) is 0 Å². The molecule has 0 bridgehead atoms. The van der Waals surface area contributed by atoms with Crippen LogP contribution in [0.25, 0.3) is 0 Å². The first-order chi connectivity index (χ1) is 23.3. The normalized spacial score (nSPS) is 14.0. The third-order valence-electron chi connectivity index (χ3n) is 9.06. The number of rotatable bonds is 8. The van der Waals surface area contributed by atoms with Gasteiger partial charge in [0.05, 0.1) is 12.7 Å². The van der Waals surface area contributed by atoms with Crippen LogP contribution in [-0.4, -0.2) is 52.1 Å². The molecule has 3 aromatic rings. The quantitative estimate of drug-likeness (QED) is 0.178. The summed E-state index contributed by atoms with van der Waals surface area (Å²) in [6.07, 6.45) is 2.50. The Morgan fingerprint density at radius 3 is 1.68 bits per heavy atom. The Balaban J connectivity index is 1.63. The van der Waals surface area contributed by atoms with Crippen molar-refractivity contribution in [1.29, 1.82) is 0 Å². The number of phenols is 2. The van der Waals surface area contributed by atoms with E-state index in [1.807, 2.05) is 0 Å². The molecule has 1 aliphatic carbocycles. The van der Waals surface area contributed by atoms with Crippen LogP contribution >= 0.6 is 0 Å². The molecule has 12 nitrogen and oxygen atoms in total. The van der Waals surface area contributed by atoms with E-state index in [4.69, 9.17) is 18.9 Å². The topological polar surface area (TPSA) is 183 Å². The lowest BCUT2D eigenvalue weighted by molar-refractivity contribution is -0.137. The van der Waals surface area contributed by atoms with Crippen LogP contribution in [0.2, 0.25) is 0 Å². The molecule has 0 radical (unpaired) electrons. The fourth-order valence-corrected chi connectivity index (χ4v) is 5.96. The van der Waals surface area contributed by atoms with E-state index >= 15 is 0 Å². The third kappa shape index (κ3) is 6.56. The lowest BCUT2D eigenvalue weighted by Crippen LogP contribution is -2.28. The van der Waals surface area contributed by atoms with Gasteiger partial charge in [-0.1, -0.05) is 0 Å². The predicted octanol–water partition coefficient (Wildman–Crippen LogP) is 6.28. The third-order valence-corrected chi connectivity index (χ3v) is 9.06. The highest BCUT2D eigenvalue weighted by atomic mass is 16.5. The number of aromatic hydroxyl groups is 2. The molecule has 3 N–H and O–H groups in total. The SMILES string of the molecule is COC1=CC(=O)C=C(C)C1C(=O)Oc1c(C)c(C)c(C(=O)Oc2cc(C)c(C(=O)Oc3cc(C)c(C(=O)O)c(C)c3C)c(O)c2C)c(O)c1C. The number of hydrogen-bond acceptors (Lipinski definition) is 11. The number of methoxy groups -OCH3 is 1. The Hall–Kier alpha value is -5.91. The van der Waals surface area contributed by atoms with Crippen molar-refractivity contribution >= 4 is 29.7 Å². The molecule has 4 rings (SSSR count). The number of benzene rings is 3. The number of carbonyl (C=O) groups is 5. The largest absolute Gasteiger partial charge is 0.507 e. The van der Waals surface area contributed by atoms with E-state index in [-0.39, 0.29) is 67.7 Å². The summed E-state index contributed by atoms with van der Waals surface area (Å²) < 4.78 is 22.2. The smallest absolute Gasteiger partial charge is 0.347 e. The van der Waals surface area contributed by atoms with E-state index in [9.17, 15) is 39.3 Å². The van der Waals surface area contributed by atoms with Gasteiger partial charge in [0.25, 0.3) is 0 Å². The number of carbonyl (C=O) groups excluding carboxylic acids is 4. The Bertz CT molecular complexity index is 2050. The maximum absolute atomic E-state index is 13.5. The van der Waals surface area contributed by atoms with Crippen LogP contribution < -0.4 is 14.2 Å². The summed E-state index contributed by atoms with van der Waals surface area (Å²) in [4.78, 5) is 63.7. The van der Waals surface area contributed by atoms with Crippen molar-refractivity contribution in [2.45, 2.75) is 62.3 Å². The first-order valence-corrected chi connectivity index (χ1v) is 15.5. The van der Waals surface area contributed by atoms with Gasteiger partial charge >= 0.3 is 23.9 Å². The molecular formula is C38H38O12. The zero-order valence-electron chi connectivity index (χ0n) is 29.4. The maximum Gasteiger partial charge on any atom is 0.347 e. The van der Waals surface area contributed by atoms with Crippen LogP contribution in [0.5, 0.6) is 28.7 Å². The summed E-state index contributed by atoms with van der Waals surface area (Å²) in [5.41, 5.74) is 2.34. The zero-order chi connectivity index (χ0) is 37.5. The summed E-state index contributed by atoms with van der Waals surface area (Å²) >= 11 is 0. The molecule has 3 aromatic carbocycles. The number of allylic oxidation sites excluding steroid dienone is 2. The summed E-state index contributed by atoms with van der Waals surface area (Å²) in [5.74, 6) is -5.89. The van der Waals surface area contributed by atoms with E-state index in [0.29, 0.717) is 27.8 Å². The minimum Gasteiger partial charge on any atom is -0.507 e. The molecule has 12 heteroatoms. The second kappa shape index (κ2) is 13.9. The van der Waals surface area contributed by atoms with Gasteiger partial charge in [-0.3, -0.25) is 9.59 Å². The standard InChI is InChI=1S/C38H38O12/c1-15-11-24(39)14-27(47-10)29(15)36(44)50-34-21(7)20(6)31(33(41)23(34)9)38(46)49-26-13-17(3)30(32(40)22(26)8)37(45)48-25-12-16(2)28(35(42)43)19(5)18(25)4/h11-14,29,40-41H,1-10H3,(H,42,43). The number of carboxylic acid groups (broad SMARTS) is 1. The van der Waals surface area contributed by atoms with Gasteiger partial charge in [-0.25, -0.2) is 14.4 Å². The van der Waals surface area contributed by atoms with Crippen LogP contribution in [0.3, 0.4) is 0 Å². The van der Waals surface area contributed by atoms with Crippen molar-refractivity contribution in [3.8, 4) is 28.7 Å². The molecule has 0 saturated heterocycles. The maximum atomic E-state index is 13.5. The molecule has 1 atom stereocenters. The molecule has 0 aliphatic heterocycles. The molecule has 262 valence electrons. The molecule has 0 spiro atoms. The lowest BCUT2D eigenvalue weighted by Gasteiger charge is -2.23. The minimum absolute atomic E-state index is 0.0208. The molecule has 1 unspecified atom stereocenters. The monoisotopic (exact) mass is 686 g/mol. The Labute approximate surface area is 288 Å². The second-order valence-corrected chi connectivity index (χ2v) is 12.3. The number of ketones is 1. The zero-order valence-corrected chi connectivity index (χ0v) is 29.4. The van der Waals surface area contributed by atoms with Crippen LogP contribution in [0.15, 0.2) is 35.6 Å². The summed E-state index contributed by atoms with van der Waals surface area (Å²) in [5, 5.41) is 31.8. The van der Waals surface area contributed by atoms with Gasteiger partial charge in [0, 0.05) is 17.2 Å². The Morgan fingerprint density at radius 2 is 1.12 bits per heavy atom. The molecule has 0 fully saturated rings. The average Bonchev–Trinajstić information content (AvgIpc) is 3.02. The van der Waals surface area contributed by atoms with Crippen molar-refractivity contribution in [3.05, 3.63) is 96.8 Å². The highest BCUT2D eigenvalue weighted by Crippen LogP contribution is 2.41. The number of aromatic carboxylic acids is 1. The Morgan fingerprint density at radius 1 is 0.620 bits per heavy atom. The highest BCUT2D eigenvalue weighted by molar-refractivity contribution is 6.04. The number of esters is 3. The number of ether oxygens (including phenoxy) is 4. The molecule has 0 heterocycles. The van der Waals surface area contributed by atoms with Gasteiger partial charge < -0.3 is 34.3 Å². The number of hydrogen-bond donors (Lipinski definition) is 3. The Kier molecular flexibility index (Phi) is 10.3. The van der Waals surface area contributed by atoms with Gasteiger partial charge in [-0.15, -0.1) is 0 Å². The molecule has 0 aromatic heterocycles. The predicted molar refractivity (Wildman–Crippen MR) is 180 cm³/mol. The molecule has 50 heavy (non-hydrogen) atoms. The van der Waals surface area contributed by atoms with Crippen molar-refractivity contribution in [3.63, 3.8) is 0 Å². The van der Waals surface area contributed by atoms with Crippen molar-refractivity contribution in [2.24, 2.45) is 5.92 Å². The van der Waals surface area contributed by atoms with E-state index in [0.717, 1.165) is 0 Å². The summed E-state index contributed by atoms with van der Waals surface area (Å²) in [6, 6.07) is 2.81. The molecular weight excluding hydrogens is 648 g/mol. The first kappa shape index (κ1) is 36.9. The van der Waals surface area contributed by atoms with Gasteiger partial charge in [-0.2, -0.15) is 0 Å². The number of phenolic OH excluding ortho intramolecular Hbond substituents is 2. The van der Waals surface area contributed by atoms with E-state index in [1.165, 1.54) is 59.1 Å². The van der Waals surface area contributed by atoms with Crippen LogP contribution in [0.1, 0.15) is 82.5 Å². The summed E-state index contributed by atoms with van der Waals surface area (Å²) in [7, 11) is 1.33. The first-order valence-electron chi connectivity index (χ1n) is 15.5. The lowest BCUT2D eigenvalue weighted by atomic mass is 9.92. The molecule has 0 saturated carbocycles. The average molecular weight is 687 g/mol. The fourth-order valence-electron chi connectivity index (χ4n) is 5.96. The van der Waals surface area contributed by atoms with Gasteiger partial charge in [-0.05, 0) is 119 Å². The van der Waals surface area contributed by atoms with E-state index in [1.54, 1.807) is 34.6 Å². The van der Waals surface area contributed by atoms with Crippen molar-refractivity contribution in [2.75, 3.05) is 7.11 Å². The van der Waals surface area contributed by atoms with Gasteiger partial charge in [0.15, 0.2) is 5.78 Å². The van der Waals surface area contributed by atoms with Crippen LogP contribution in [-0.2, 0) is 14.3 Å². The highest BCUT2D eigenvalue weighted by Gasteiger charge is 2.34. The summed E-state index contributed by atoms with van der Waals surface area (Å²) in [6.45, 7) is 13.9. The molecule has 1 aliphatic rings. The number of carboxylic acids is 1. The van der Waals surface area contributed by atoms with Crippen LogP contribution in [0.4, 0.5) is 0 Å². The second-order valence-electron chi connectivity index (χ2n) is 12.3. The molecule has 0 amide bonds. The number of aryl methyl sites for hydroxylation is 2. The fraction of sp³-hybridized carbons (Fsp3) is 0.289. The van der Waals surface area contributed by atoms with Crippen LogP contribution in [0, 0.1) is 61.3 Å². The van der Waals surface area contributed by atoms with Gasteiger partial charge in [0.2, 0.25) is 0 Å². The van der Waals surface area contributed by atoms with Crippen molar-refractivity contribution < 1.29 is 58.2 Å². The van der Waals surface area contributed by atoms with E-state index < -0.39 is 41.3 Å². The van der Waals surface area contributed by atoms with Gasteiger partial charge in [0.1, 0.15) is 51.6 Å². The van der Waals surface area contributed by atoms with Crippen molar-refractivity contribution in [1.82, 2.24) is 0 Å². The minimum atomic E-state index is -1.11.